The van der Waals surface area contributed by atoms with Gasteiger partial charge in [-0.2, -0.15) is 0 Å². The summed E-state index contributed by atoms with van der Waals surface area (Å²) in [7, 11) is 0. The van der Waals surface area contributed by atoms with E-state index in [1.165, 1.54) is 25.7 Å². The number of hydrogen-bond donors (Lipinski definition) is 0. The van der Waals surface area contributed by atoms with Gasteiger partial charge in [-0.05, 0) is 19.3 Å². The molecule has 0 aromatic heterocycles. The molecule has 0 bridgehead atoms. The van der Waals surface area contributed by atoms with Crippen molar-refractivity contribution >= 4 is 0 Å². The smallest absolute Gasteiger partial charge is 0.0240 e. The predicted molar refractivity (Wildman–Crippen MR) is 46.3 cm³/mol. The molecule has 0 spiro atoms. The highest BCUT2D eigenvalue weighted by Gasteiger charge is 2.00. The lowest BCUT2D eigenvalue weighted by Gasteiger charge is -2.10. The topological polar surface area (TPSA) is 14.1 Å². The molecule has 0 aliphatic rings. The van der Waals surface area contributed by atoms with E-state index in [0.29, 0.717) is 6.04 Å². The number of unbranched alkanes of at least 4 members (excludes halogenated alkanes) is 1. The van der Waals surface area contributed by atoms with E-state index in [4.69, 9.17) is 0 Å². The van der Waals surface area contributed by atoms with Gasteiger partial charge < -0.3 is 0 Å². The molecule has 1 heteroatoms. The maximum absolute atomic E-state index is 4.55. The van der Waals surface area contributed by atoms with Crippen molar-refractivity contribution < 1.29 is 0 Å². The lowest BCUT2D eigenvalue weighted by Crippen LogP contribution is -2.21. The van der Waals surface area contributed by atoms with E-state index in [-0.39, 0.29) is 0 Å². The van der Waals surface area contributed by atoms with Crippen LogP contribution in [0.15, 0.2) is 0 Å². The van der Waals surface area contributed by atoms with Gasteiger partial charge in [0.25, 0.3) is 0 Å². The Morgan fingerprint density at radius 2 is 1.70 bits per heavy atom. The quantitative estimate of drug-likeness (QED) is 0.506. The lowest BCUT2D eigenvalue weighted by atomic mass is 10.1. The Labute approximate surface area is 65.2 Å². The van der Waals surface area contributed by atoms with Crippen molar-refractivity contribution in [3.63, 3.8) is 0 Å². The van der Waals surface area contributed by atoms with Crippen molar-refractivity contribution in [2.75, 3.05) is 6.54 Å². The highest BCUT2D eigenvalue weighted by Crippen LogP contribution is 1.98. The van der Waals surface area contributed by atoms with E-state index in [2.05, 4.69) is 26.1 Å². The predicted octanol–water partition coefficient (Wildman–Crippen LogP) is 2.58. The summed E-state index contributed by atoms with van der Waals surface area (Å²) in [6, 6.07) is 0.631. The fourth-order valence-corrected chi connectivity index (χ4v) is 0.979. The van der Waals surface area contributed by atoms with Gasteiger partial charge in [0.1, 0.15) is 0 Å². The largest absolute Gasteiger partial charge is 0.238 e. The van der Waals surface area contributed by atoms with Crippen molar-refractivity contribution in [2.45, 2.75) is 52.5 Å². The molecule has 0 aliphatic heterocycles. The average Bonchev–Trinajstić information content (AvgIpc) is 1.99. The first-order valence-corrected chi connectivity index (χ1v) is 4.51. The Hall–Kier alpha value is -0.0400. The van der Waals surface area contributed by atoms with Crippen LogP contribution in [-0.4, -0.2) is 12.6 Å². The fourth-order valence-electron chi connectivity index (χ4n) is 0.979. The van der Waals surface area contributed by atoms with Crippen LogP contribution in [0, 0.1) is 0 Å². The minimum Gasteiger partial charge on any atom is -0.238 e. The molecule has 61 valence electrons. The molecule has 0 saturated carbocycles. The minimum atomic E-state index is 0.631. The van der Waals surface area contributed by atoms with Gasteiger partial charge in [0.05, 0.1) is 0 Å². The summed E-state index contributed by atoms with van der Waals surface area (Å²) in [5, 5.41) is 4.55. The van der Waals surface area contributed by atoms with Gasteiger partial charge in [-0.1, -0.05) is 27.2 Å². The van der Waals surface area contributed by atoms with Crippen molar-refractivity contribution in [3.8, 4) is 0 Å². The van der Waals surface area contributed by atoms with Gasteiger partial charge in [0.2, 0.25) is 0 Å². The first-order chi connectivity index (χ1) is 4.85. The molecule has 1 radical (unpaired) electrons. The molecule has 0 unspecified atom stereocenters. The van der Waals surface area contributed by atoms with Crippen molar-refractivity contribution in [1.29, 1.82) is 0 Å². The first kappa shape index (κ1) is 9.96. The van der Waals surface area contributed by atoms with Crippen LogP contribution in [0.1, 0.15) is 46.5 Å². The van der Waals surface area contributed by atoms with E-state index < -0.39 is 0 Å². The molecule has 0 saturated heterocycles. The second kappa shape index (κ2) is 7.07. The Bertz CT molecular complexity index is 57.7. The Morgan fingerprint density at radius 1 is 1.10 bits per heavy atom. The monoisotopic (exact) mass is 142 g/mol. The zero-order valence-electron chi connectivity index (χ0n) is 7.56. The summed E-state index contributed by atoms with van der Waals surface area (Å²) in [4.78, 5) is 0. The summed E-state index contributed by atoms with van der Waals surface area (Å²) in [6.45, 7) is 7.71. The molecule has 0 amide bonds. The standard InChI is InChI=1S/C9H20N/c1-4-7-8-10-9(5-2)6-3/h9H,4-8H2,1-3H3. The van der Waals surface area contributed by atoms with E-state index in [0.717, 1.165) is 6.54 Å². The molecular weight excluding hydrogens is 122 g/mol. The van der Waals surface area contributed by atoms with Gasteiger partial charge >= 0.3 is 0 Å². The maximum Gasteiger partial charge on any atom is 0.0240 e. The summed E-state index contributed by atoms with van der Waals surface area (Å²) >= 11 is 0. The summed E-state index contributed by atoms with van der Waals surface area (Å²) in [5.41, 5.74) is 0. The van der Waals surface area contributed by atoms with Crippen molar-refractivity contribution in [3.05, 3.63) is 0 Å². The van der Waals surface area contributed by atoms with Crippen LogP contribution in [0.25, 0.3) is 0 Å². The van der Waals surface area contributed by atoms with Gasteiger partial charge in [-0.3, -0.25) is 0 Å². The SMILES string of the molecule is CCCC[N]C(CC)CC. The summed E-state index contributed by atoms with van der Waals surface area (Å²) in [6.07, 6.45) is 4.95. The molecule has 0 N–H and O–H groups in total. The Balaban J connectivity index is 3.09. The molecule has 10 heavy (non-hydrogen) atoms. The summed E-state index contributed by atoms with van der Waals surface area (Å²) < 4.78 is 0. The van der Waals surface area contributed by atoms with Crippen molar-refractivity contribution in [1.82, 2.24) is 5.32 Å². The normalized spacial score (nSPS) is 10.8. The van der Waals surface area contributed by atoms with E-state index >= 15 is 0 Å². The average molecular weight is 142 g/mol. The van der Waals surface area contributed by atoms with Crippen LogP contribution >= 0.6 is 0 Å². The third-order valence-electron chi connectivity index (χ3n) is 1.84. The second-order valence-electron chi connectivity index (χ2n) is 2.73. The van der Waals surface area contributed by atoms with Crippen LogP contribution in [-0.2, 0) is 0 Å². The van der Waals surface area contributed by atoms with Gasteiger partial charge in [0.15, 0.2) is 0 Å². The van der Waals surface area contributed by atoms with E-state index in [9.17, 15) is 0 Å². The number of rotatable bonds is 6. The minimum absolute atomic E-state index is 0.631. The molecule has 0 fully saturated rings. The van der Waals surface area contributed by atoms with Gasteiger partial charge in [-0.15, -0.1) is 0 Å². The number of hydrogen-bond acceptors (Lipinski definition) is 0. The van der Waals surface area contributed by atoms with Gasteiger partial charge in [-0.25, -0.2) is 5.32 Å². The van der Waals surface area contributed by atoms with Crippen LogP contribution in [0.3, 0.4) is 0 Å². The highest BCUT2D eigenvalue weighted by molar-refractivity contribution is 4.60. The van der Waals surface area contributed by atoms with Crippen molar-refractivity contribution in [2.24, 2.45) is 0 Å². The zero-order valence-corrected chi connectivity index (χ0v) is 7.56. The molecule has 0 aromatic rings. The van der Waals surface area contributed by atoms with E-state index in [1.54, 1.807) is 0 Å². The Kier molecular flexibility index (Phi) is 7.04. The van der Waals surface area contributed by atoms with Crippen LogP contribution < -0.4 is 5.32 Å². The number of nitrogens with zero attached hydrogens (tertiary/aromatic N) is 1. The molecule has 0 aliphatic carbocycles. The lowest BCUT2D eigenvalue weighted by molar-refractivity contribution is 0.467. The third kappa shape index (κ3) is 4.80. The van der Waals surface area contributed by atoms with E-state index in [1.807, 2.05) is 0 Å². The molecule has 0 aromatic carbocycles. The second-order valence-corrected chi connectivity index (χ2v) is 2.73. The van der Waals surface area contributed by atoms with Crippen LogP contribution in [0.5, 0.6) is 0 Å². The molecule has 0 rings (SSSR count). The van der Waals surface area contributed by atoms with Gasteiger partial charge in [0, 0.05) is 12.6 Å². The van der Waals surface area contributed by atoms with Crippen LogP contribution in [0.2, 0.25) is 0 Å². The highest BCUT2D eigenvalue weighted by atomic mass is 14.9. The molecule has 1 nitrogen and oxygen atoms in total. The Morgan fingerprint density at radius 3 is 2.10 bits per heavy atom. The molecule has 0 heterocycles. The molecular formula is C9H20N. The zero-order chi connectivity index (χ0) is 7.82. The molecule has 0 atom stereocenters. The van der Waals surface area contributed by atoms with Crippen LogP contribution in [0.4, 0.5) is 0 Å². The first-order valence-electron chi connectivity index (χ1n) is 4.51. The third-order valence-corrected chi connectivity index (χ3v) is 1.84. The maximum atomic E-state index is 4.55. The summed E-state index contributed by atoms with van der Waals surface area (Å²) in [5.74, 6) is 0. The fraction of sp³-hybridized carbons (Fsp3) is 1.00.